The van der Waals surface area contributed by atoms with Gasteiger partial charge >= 0.3 is 6.18 Å². The minimum atomic E-state index is -4.47. The first-order valence-electron chi connectivity index (χ1n) is 9.64. The number of alkyl halides is 3. The Hall–Kier alpha value is -2.84. The van der Waals surface area contributed by atoms with Gasteiger partial charge in [0, 0.05) is 30.6 Å². The van der Waals surface area contributed by atoms with Gasteiger partial charge in [0.15, 0.2) is 0 Å². The van der Waals surface area contributed by atoms with Crippen LogP contribution < -0.4 is 5.32 Å². The maximum atomic E-state index is 12.7. The van der Waals surface area contributed by atoms with Crippen molar-refractivity contribution in [2.75, 3.05) is 18.4 Å². The van der Waals surface area contributed by atoms with Crippen molar-refractivity contribution in [3.8, 4) is 0 Å². The Kier molecular flexibility index (Phi) is 6.95. The molecule has 9 heteroatoms. The highest BCUT2D eigenvalue weighted by molar-refractivity contribution is 5.99. The topological polar surface area (TPSA) is 67.2 Å². The molecule has 0 fully saturated rings. The molecule has 0 unspecified atom stereocenters. The van der Waals surface area contributed by atoms with Crippen LogP contribution in [-0.2, 0) is 23.4 Å². The third-order valence-corrected chi connectivity index (χ3v) is 4.49. The van der Waals surface area contributed by atoms with Gasteiger partial charge in [-0.15, -0.1) is 0 Å². The average Bonchev–Trinajstić information content (AvgIpc) is 3.01. The Balaban J connectivity index is 2.12. The van der Waals surface area contributed by atoms with Crippen molar-refractivity contribution >= 4 is 17.6 Å². The van der Waals surface area contributed by atoms with Gasteiger partial charge in [0.1, 0.15) is 12.4 Å². The van der Waals surface area contributed by atoms with Crippen LogP contribution in [-0.4, -0.2) is 39.6 Å². The van der Waals surface area contributed by atoms with Gasteiger partial charge in [-0.2, -0.15) is 18.3 Å². The number of carbonyl (C=O) groups is 2. The smallest absolute Gasteiger partial charge is 0.329 e. The largest absolute Gasteiger partial charge is 0.416 e. The fraction of sp³-hybridized carbons (Fsp3) is 0.476. The van der Waals surface area contributed by atoms with Crippen molar-refractivity contribution in [2.24, 2.45) is 7.05 Å². The number of nitrogens with one attached hydrogen (secondary N) is 1. The minimum absolute atomic E-state index is 0.0970. The standard InChI is InChI=1S/C21H27F3N4O2/c1-6-11-28(19(30)14-7-9-15(10-8-14)21(22,23)24)13-18(29)25-17-12-16(20(2,3)4)26-27(17)5/h7-10,12H,6,11,13H2,1-5H3,(H,25,29). The summed E-state index contributed by atoms with van der Waals surface area (Å²) in [5.74, 6) is -0.406. The van der Waals surface area contributed by atoms with E-state index >= 15 is 0 Å². The van der Waals surface area contributed by atoms with Crippen LogP contribution in [0.2, 0.25) is 0 Å². The summed E-state index contributed by atoms with van der Waals surface area (Å²) in [4.78, 5) is 26.6. The van der Waals surface area contributed by atoms with Crippen molar-refractivity contribution in [1.82, 2.24) is 14.7 Å². The number of hydrogen-bond donors (Lipinski definition) is 1. The van der Waals surface area contributed by atoms with Crippen molar-refractivity contribution in [3.05, 3.63) is 47.2 Å². The molecule has 0 radical (unpaired) electrons. The zero-order valence-electron chi connectivity index (χ0n) is 17.8. The summed E-state index contributed by atoms with van der Waals surface area (Å²) in [5.41, 5.74) is -0.107. The molecule has 0 saturated carbocycles. The molecule has 0 spiro atoms. The van der Waals surface area contributed by atoms with Crippen molar-refractivity contribution < 1.29 is 22.8 Å². The third kappa shape index (κ3) is 5.84. The second kappa shape index (κ2) is 8.89. The van der Waals surface area contributed by atoms with Gasteiger partial charge in [0.2, 0.25) is 5.91 Å². The highest BCUT2D eigenvalue weighted by Gasteiger charge is 2.30. The Morgan fingerprint density at radius 2 is 1.73 bits per heavy atom. The molecule has 30 heavy (non-hydrogen) atoms. The van der Waals surface area contributed by atoms with E-state index in [1.165, 1.54) is 4.90 Å². The van der Waals surface area contributed by atoms with Gasteiger partial charge < -0.3 is 10.2 Å². The van der Waals surface area contributed by atoms with Crippen LogP contribution in [0.25, 0.3) is 0 Å². The lowest BCUT2D eigenvalue weighted by atomic mass is 9.92. The predicted octanol–water partition coefficient (Wildman–Crippen LogP) is 4.23. The molecule has 6 nitrogen and oxygen atoms in total. The second-order valence-corrected chi connectivity index (χ2v) is 8.14. The minimum Gasteiger partial charge on any atom is -0.329 e. The monoisotopic (exact) mass is 424 g/mol. The Labute approximate surface area is 174 Å². The van der Waals surface area contributed by atoms with Crippen LogP contribution in [0.15, 0.2) is 30.3 Å². The molecule has 1 N–H and O–H groups in total. The van der Waals surface area contributed by atoms with E-state index in [0.717, 1.165) is 30.0 Å². The lowest BCUT2D eigenvalue weighted by Crippen LogP contribution is -2.38. The molecule has 2 aromatic rings. The van der Waals surface area contributed by atoms with Gasteiger partial charge in [0.25, 0.3) is 5.91 Å². The summed E-state index contributed by atoms with van der Waals surface area (Å²) in [7, 11) is 1.71. The number of rotatable bonds is 6. The van der Waals surface area contributed by atoms with E-state index in [9.17, 15) is 22.8 Å². The zero-order chi connectivity index (χ0) is 22.7. The molecule has 1 aromatic heterocycles. The van der Waals surface area contributed by atoms with Crippen molar-refractivity contribution in [3.63, 3.8) is 0 Å². The Bertz CT molecular complexity index is 896. The summed E-state index contributed by atoms with van der Waals surface area (Å²) in [6.45, 7) is 7.95. The van der Waals surface area contributed by atoms with E-state index in [1.54, 1.807) is 17.8 Å². The van der Waals surface area contributed by atoms with Crippen LogP contribution in [0.4, 0.5) is 19.0 Å². The molecule has 1 heterocycles. The van der Waals surface area contributed by atoms with Crippen LogP contribution in [0, 0.1) is 0 Å². The number of aromatic nitrogens is 2. The molecular formula is C21H27F3N4O2. The van der Waals surface area contributed by atoms with Crippen molar-refractivity contribution in [2.45, 2.75) is 45.7 Å². The fourth-order valence-corrected chi connectivity index (χ4v) is 2.81. The van der Waals surface area contributed by atoms with E-state index in [2.05, 4.69) is 10.4 Å². The molecule has 0 bridgehead atoms. The molecule has 0 aliphatic carbocycles. The Morgan fingerprint density at radius 3 is 2.20 bits per heavy atom. The van der Waals surface area contributed by atoms with Gasteiger partial charge in [-0.3, -0.25) is 14.3 Å². The first kappa shape index (κ1) is 23.4. The second-order valence-electron chi connectivity index (χ2n) is 8.14. The molecule has 164 valence electrons. The summed E-state index contributed by atoms with van der Waals surface area (Å²) >= 11 is 0. The number of benzene rings is 1. The number of halogens is 3. The molecular weight excluding hydrogens is 397 g/mol. The number of aryl methyl sites for hydroxylation is 1. The quantitative estimate of drug-likeness (QED) is 0.755. The summed E-state index contributed by atoms with van der Waals surface area (Å²) < 4.78 is 39.8. The maximum absolute atomic E-state index is 12.7. The van der Waals surface area contributed by atoms with Crippen LogP contribution in [0.5, 0.6) is 0 Å². The first-order chi connectivity index (χ1) is 13.8. The van der Waals surface area contributed by atoms with Gasteiger partial charge in [-0.1, -0.05) is 27.7 Å². The van der Waals surface area contributed by atoms with Crippen LogP contribution in [0.3, 0.4) is 0 Å². The Morgan fingerprint density at radius 1 is 1.13 bits per heavy atom. The molecule has 0 saturated heterocycles. The average molecular weight is 424 g/mol. The normalized spacial score (nSPS) is 12.0. The lowest BCUT2D eigenvalue weighted by molar-refractivity contribution is -0.137. The van der Waals surface area contributed by atoms with E-state index in [4.69, 9.17) is 0 Å². The molecule has 0 atom stereocenters. The zero-order valence-corrected chi connectivity index (χ0v) is 17.8. The summed E-state index contributed by atoms with van der Waals surface area (Å²) in [6, 6.07) is 5.76. The number of amides is 2. The molecule has 0 aliphatic heterocycles. The molecule has 0 aliphatic rings. The third-order valence-electron chi connectivity index (χ3n) is 4.49. The fourth-order valence-electron chi connectivity index (χ4n) is 2.81. The number of anilines is 1. The highest BCUT2D eigenvalue weighted by Crippen LogP contribution is 2.29. The molecule has 2 rings (SSSR count). The van der Waals surface area contributed by atoms with Gasteiger partial charge in [-0.25, -0.2) is 0 Å². The maximum Gasteiger partial charge on any atom is 0.416 e. The lowest BCUT2D eigenvalue weighted by Gasteiger charge is -2.22. The van der Waals surface area contributed by atoms with Crippen LogP contribution in [0.1, 0.15) is 55.7 Å². The van der Waals surface area contributed by atoms with Crippen LogP contribution >= 0.6 is 0 Å². The van der Waals surface area contributed by atoms with E-state index in [0.29, 0.717) is 18.8 Å². The number of hydrogen-bond acceptors (Lipinski definition) is 3. The van der Waals surface area contributed by atoms with E-state index in [1.807, 2.05) is 27.7 Å². The van der Waals surface area contributed by atoms with Gasteiger partial charge in [0.05, 0.1) is 11.3 Å². The molecule has 2 amide bonds. The van der Waals surface area contributed by atoms with Gasteiger partial charge in [-0.05, 0) is 30.7 Å². The number of carbonyl (C=O) groups excluding carboxylic acids is 2. The number of nitrogens with zero attached hydrogens (tertiary/aromatic N) is 3. The molecule has 1 aromatic carbocycles. The summed E-state index contributed by atoms with van der Waals surface area (Å²) in [6.07, 6.45) is -3.88. The van der Waals surface area contributed by atoms with Crippen molar-refractivity contribution in [1.29, 1.82) is 0 Å². The highest BCUT2D eigenvalue weighted by atomic mass is 19.4. The SMILES string of the molecule is CCCN(CC(=O)Nc1cc(C(C)(C)C)nn1C)C(=O)c1ccc(C(F)(F)F)cc1. The van der Waals surface area contributed by atoms with E-state index < -0.39 is 23.6 Å². The predicted molar refractivity (Wildman–Crippen MR) is 108 cm³/mol. The summed E-state index contributed by atoms with van der Waals surface area (Å²) in [5, 5.41) is 7.14. The first-order valence-corrected chi connectivity index (χ1v) is 9.64. The van der Waals surface area contributed by atoms with E-state index in [-0.39, 0.29) is 17.5 Å².